The van der Waals surface area contributed by atoms with Gasteiger partial charge in [0.15, 0.2) is 11.5 Å². The Hall–Kier alpha value is -0.970. The van der Waals surface area contributed by atoms with Gasteiger partial charge in [-0.1, -0.05) is 11.6 Å². The van der Waals surface area contributed by atoms with Crippen molar-refractivity contribution in [3.05, 3.63) is 22.7 Å². The van der Waals surface area contributed by atoms with Gasteiger partial charge in [-0.2, -0.15) is 0 Å². The van der Waals surface area contributed by atoms with E-state index in [1.165, 1.54) is 0 Å². The number of likely N-dealkylation sites (tertiary alicyclic amines) is 1. The van der Waals surface area contributed by atoms with Crippen molar-refractivity contribution >= 4 is 11.6 Å². The van der Waals surface area contributed by atoms with Crippen molar-refractivity contribution in [1.82, 2.24) is 4.90 Å². The molecule has 2 aliphatic heterocycles. The molecule has 1 fully saturated rings. The second-order valence-electron chi connectivity index (χ2n) is 5.45. The Kier molecular flexibility index (Phi) is 4.34. The zero-order chi connectivity index (χ0) is 13.9. The molecular formula is C15H20ClNO3. The Labute approximate surface area is 124 Å². The quantitative estimate of drug-likeness (QED) is 0.928. The molecule has 2 aliphatic rings. The largest absolute Gasteiger partial charge is 0.489 e. The van der Waals surface area contributed by atoms with Crippen molar-refractivity contribution in [2.24, 2.45) is 0 Å². The number of hydrogen-bond donors (Lipinski definition) is 1. The van der Waals surface area contributed by atoms with Gasteiger partial charge in [0.2, 0.25) is 0 Å². The second-order valence-corrected chi connectivity index (χ2v) is 5.86. The molecule has 0 amide bonds. The number of nitrogens with zero attached hydrogens (tertiary/aromatic N) is 1. The maximum atomic E-state index is 9.53. The number of halogens is 1. The summed E-state index contributed by atoms with van der Waals surface area (Å²) < 4.78 is 11.3. The third-order valence-electron chi connectivity index (χ3n) is 3.83. The van der Waals surface area contributed by atoms with Crippen LogP contribution in [0.15, 0.2) is 12.1 Å². The number of hydrogen-bond acceptors (Lipinski definition) is 4. The summed E-state index contributed by atoms with van der Waals surface area (Å²) in [6.45, 7) is 4.01. The van der Waals surface area contributed by atoms with Crippen LogP contribution in [0.1, 0.15) is 18.4 Å². The maximum Gasteiger partial charge on any atom is 0.179 e. The first-order valence-electron chi connectivity index (χ1n) is 7.21. The predicted molar refractivity (Wildman–Crippen MR) is 77.8 cm³/mol. The van der Waals surface area contributed by atoms with E-state index < -0.39 is 0 Å². The molecule has 0 radical (unpaired) electrons. The lowest BCUT2D eigenvalue weighted by Gasteiger charge is -2.16. The van der Waals surface area contributed by atoms with E-state index in [1.807, 2.05) is 12.1 Å². The lowest BCUT2D eigenvalue weighted by Crippen LogP contribution is -2.24. The third-order valence-corrected chi connectivity index (χ3v) is 4.11. The van der Waals surface area contributed by atoms with Crippen LogP contribution < -0.4 is 9.47 Å². The first-order chi connectivity index (χ1) is 9.72. The molecule has 1 atom stereocenters. The van der Waals surface area contributed by atoms with E-state index in [0.29, 0.717) is 24.0 Å². The molecule has 4 nitrogen and oxygen atoms in total. The Morgan fingerprint density at radius 2 is 2.15 bits per heavy atom. The fourth-order valence-electron chi connectivity index (χ4n) is 2.73. The van der Waals surface area contributed by atoms with Crippen molar-refractivity contribution in [1.29, 1.82) is 0 Å². The van der Waals surface area contributed by atoms with Gasteiger partial charge in [-0.25, -0.2) is 0 Å². The predicted octanol–water partition coefficient (Wildman–Crippen LogP) is 2.11. The summed E-state index contributed by atoms with van der Waals surface area (Å²) in [5.74, 6) is 1.43. The van der Waals surface area contributed by atoms with E-state index in [1.54, 1.807) is 0 Å². The summed E-state index contributed by atoms with van der Waals surface area (Å²) in [6.07, 6.45) is 2.50. The third kappa shape index (κ3) is 3.19. The zero-order valence-electron chi connectivity index (χ0n) is 11.5. The first kappa shape index (κ1) is 14.0. The maximum absolute atomic E-state index is 9.53. The molecule has 20 heavy (non-hydrogen) atoms. The molecule has 1 aromatic carbocycles. The van der Waals surface area contributed by atoms with Gasteiger partial charge >= 0.3 is 0 Å². The highest BCUT2D eigenvalue weighted by molar-refractivity contribution is 6.32. The van der Waals surface area contributed by atoms with Crippen molar-refractivity contribution in [3.8, 4) is 11.5 Å². The molecule has 5 heteroatoms. The highest BCUT2D eigenvalue weighted by Crippen LogP contribution is 2.38. The smallest absolute Gasteiger partial charge is 0.179 e. The minimum Gasteiger partial charge on any atom is -0.489 e. The second kappa shape index (κ2) is 6.20. The normalized spacial score (nSPS) is 22.8. The summed E-state index contributed by atoms with van der Waals surface area (Å²) in [5, 5.41) is 10.2. The molecule has 3 rings (SSSR count). The van der Waals surface area contributed by atoms with E-state index in [2.05, 4.69) is 4.90 Å². The van der Waals surface area contributed by atoms with Crippen LogP contribution in [0.4, 0.5) is 0 Å². The summed E-state index contributed by atoms with van der Waals surface area (Å²) in [5.41, 5.74) is 1.15. The number of fused-ring (bicyclic) bond motifs is 1. The van der Waals surface area contributed by atoms with Crippen LogP contribution in [-0.2, 0) is 6.42 Å². The van der Waals surface area contributed by atoms with E-state index in [4.69, 9.17) is 21.1 Å². The van der Waals surface area contributed by atoms with Gasteiger partial charge in [-0.15, -0.1) is 0 Å². The number of aliphatic hydroxyl groups excluding tert-OH is 1. The van der Waals surface area contributed by atoms with Crippen molar-refractivity contribution in [2.75, 3.05) is 32.8 Å². The highest BCUT2D eigenvalue weighted by atomic mass is 35.5. The number of ether oxygens (including phenoxy) is 2. The van der Waals surface area contributed by atoms with E-state index in [0.717, 1.165) is 50.2 Å². The van der Waals surface area contributed by atoms with Crippen molar-refractivity contribution in [3.63, 3.8) is 0 Å². The minimum atomic E-state index is -0.164. The van der Waals surface area contributed by atoms with Gasteiger partial charge in [-0.05, 0) is 30.5 Å². The van der Waals surface area contributed by atoms with Crippen LogP contribution >= 0.6 is 11.6 Å². The lowest BCUT2D eigenvalue weighted by molar-refractivity contribution is 0.177. The Morgan fingerprint density at radius 3 is 2.95 bits per heavy atom. The Balaban J connectivity index is 1.67. The molecule has 0 saturated carbocycles. The monoisotopic (exact) mass is 297 g/mol. The fraction of sp³-hybridized carbons (Fsp3) is 0.600. The van der Waals surface area contributed by atoms with Gasteiger partial charge in [0, 0.05) is 26.1 Å². The van der Waals surface area contributed by atoms with Gasteiger partial charge in [0.1, 0.15) is 0 Å². The van der Waals surface area contributed by atoms with Crippen LogP contribution in [0.3, 0.4) is 0 Å². The summed E-state index contributed by atoms with van der Waals surface area (Å²) >= 11 is 6.28. The highest BCUT2D eigenvalue weighted by Gasteiger charge is 2.20. The van der Waals surface area contributed by atoms with E-state index in [-0.39, 0.29) is 6.10 Å². The van der Waals surface area contributed by atoms with Gasteiger partial charge in [0.25, 0.3) is 0 Å². The molecule has 0 bridgehead atoms. The molecule has 2 heterocycles. The van der Waals surface area contributed by atoms with Crippen LogP contribution in [0.25, 0.3) is 0 Å². The average Bonchev–Trinajstić information content (AvgIpc) is 2.70. The molecule has 0 spiro atoms. The van der Waals surface area contributed by atoms with Crippen LogP contribution in [0, 0.1) is 0 Å². The number of benzene rings is 1. The summed E-state index contributed by atoms with van der Waals surface area (Å²) in [4.78, 5) is 2.28. The number of rotatable bonds is 3. The molecule has 1 aromatic rings. The number of β-amino-alcohol motifs (C(OH)–C–C–N with tert-alkyl or cyclic N) is 1. The van der Waals surface area contributed by atoms with Gasteiger partial charge < -0.3 is 19.5 Å². The molecule has 0 aliphatic carbocycles. The fourth-order valence-corrected chi connectivity index (χ4v) is 3.02. The van der Waals surface area contributed by atoms with E-state index in [9.17, 15) is 5.11 Å². The SMILES string of the molecule is O[C@H]1CCN(CCc2cc(Cl)c3c(c2)OCCCO3)C1. The topological polar surface area (TPSA) is 41.9 Å². The molecular weight excluding hydrogens is 278 g/mol. The van der Waals surface area contributed by atoms with Crippen LogP contribution in [0.5, 0.6) is 11.5 Å². The van der Waals surface area contributed by atoms with E-state index >= 15 is 0 Å². The lowest BCUT2D eigenvalue weighted by atomic mass is 10.1. The summed E-state index contributed by atoms with van der Waals surface area (Å²) in [7, 11) is 0. The Morgan fingerprint density at radius 1 is 1.30 bits per heavy atom. The first-order valence-corrected chi connectivity index (χ1v) is 7.58. The molecule has 1 saturated heterocycles. The van der Waals surface area contributed by atoms with Crippen molar-refractivity contribution in [2.45, 2.75) is 25.4 Å². The van der Waals surface area contributed by atoms with Gasteiger partial charge in [0.05, 0.1) is 24.3 Å². The molecule has 110 valence electrons. The van der Waals surface area contributed by atoms with Crippen molar-refractivity contribution < 1.29 is 14.6 Å². The number of aliphatic hydroxyl groups is 1. The summed E-state index contributed by atoms with van der Waals surface area (Å²) in [6, 6.07) is 3.99. The van der Waals surface area contributed by atoms with Gasteiger partial charge in [-0.3, -0.25) is 0 Å². The van der Waals surface area contributed by atoms with Crippen LogP contribution in [-0.4, -0.2) is 49.0 Å². The molecule has 1 N–H and O–H groups in total. The average molecular weight is 298 g/mol. The zero-order valence-corrected chi connectivity index (χ0v) is 12.2. The molecule has 0 unspecified atom stereocenters. The standard InChI is InChI=1S/C15H20ClNO3/c16-13-8-11(2-4-17-5-3-12(18)10-17)9-14-15(13)20-7-1-6-19-14/h8-9,12,18H,1-7,10H2/t12-/m0/s1. The Bertz CT molecular complexity index is 480. The van der Waals surface area contributed by atoms with Crippen LogP contribution in [0.2, 0.25) is 5.02 Å². The molecule has 0 aromatic heterocycles. The minimum absolute atomic E-state index is 0.164.